The zero-order chi connectivity index (χ0) is 23.4. The van der Waals surface area contributed by atoms with Gasteiger partial charge < -0.3 is 14.2 Å². The first-order valence-electron chi connectivity index (χ1n) is 12.7. The molecule has 0 aromatic carbocycles. The summed E-state index contributed by atoms with van der Waals surface area (Å²) in [6, 6.07) is 0. The van der Waals surface area contributed by atoms with Gasteiger partial charge in [-0.2, -0.15) is 0 Å². The van der Waals surface area contributed by atoms with Crippen LogP contribution in [0, 0.1) is 29.1 Å². The normalized spacial score (nSPS) is 27.7. The lowest BCUT2D eigenvalue weighted by Gasteiger charge is -2.28. The van der Waals surface area contributed by atoms with Crippen molar-refractivity contribution < 1.29 is 28.6 Å². The van der Waals surface area contributed by atoms with E-state index in [1.807, 2.05) is 6.92 Å². The molecular formula is C26H44O6. The molecule has 0 unspecified atom stereocenters. The zero-order valence-electron chi connectivity index (χ0n) is 20.4. The van der Waals surface area contributed by atoms with Gasteiger partial charge in [0, 0.05) is 12.8 Å². The van der Waals surface area contributed by atoms with Crippen LogP contribution in [-0.2, 0) is 28.6 Å². The lowest BCUT2D eigenvalue weighted by molar-refractivity contribution is -0.157. The molecule has 2 aliphatic rings. The molecule has 2 rings (SSSR count). The van der Waals surface area contributed by atoms with Gasteiger partial charge in [0.05, 0.1) is 5.41 Å². The summed E-state index contributed by atoms with van der Waals surface area (Å²) >= 11 is 0. The lowest BCUT2D eigenvalue weighted by Crippen LogP contribution is -2.36. The van der Waals surface area contributed by atoms with E-state index in [9.17, 15) is 14.4 Å². The van der Waals surface area contributed by atoms with E-state index in [1.54, 1.807) is 0 Å². The average molecular weight is 453 g/mol. The summed E-state index contributed by atoms with van der Waals surface area (Å²) in [5, 5.41) is 0. The molecular weight excluding hydrogens is 408 g/mol. The second kappa shape index (κ2) is 13.8. The topological polar surface area (TPSA) is 78.9 Å². The number of esters is 2. The van der Waals surface area contributed by atoms with Crippen LogP contribution < -0.4 is 0 Å². The molecule has 0 amide bonds. The summed E-state index contributed by atoms with van der Waals surface area (Å²) in [7, 11) is 0. The second-order valence-electron chi connectivity index (χ2n) is 10.9. The molecule has 0 aliphatic heterocycles. The standard InChI is InChI=1S/C26H44O6/c1-20-4-8-22(9-5-20)12-14-24(28)31-17-26(3,16-30-19-27)18-32-25(29)15-13-23-10-6-21(2)7-11-23/h19-23H,4-18H2,1-3H3. The molecule has 2 fully saturated rings. The van der Waals surface area contributed by atoms with Gasteiger partial charge in [0.1, 0.15) is 19.8 Å². The van der Waals surface area contributed by atoms with E-state index in [2.05, 4.69) is 13.8 Å². The van der Waals surface area contributed by atoms with Crippen molar-refractivity contribution in [3.8, 4) is 0 Å². The molecule has 0 bridgehead atoms. The quantitative estimate of drug-likeness (QED) is 0.210. The van der Waals surface area contributed by atoms with E-state index < -0.39 is 5.41 Å². The van der Waals surface area contributed by atoms with Crippen molar-refractivity contribution in [3.63, 3.8) is 0 Å². The van der Waals surface area contributed by atoms with Gasteiger partial charge in [0.15, 0.2) is 0 Å². The van der Waals surface area contributed by atoms with Gasteiger partial charge in [-0.05, 0) is 43.4 Å². The highest BCUT2D eigenvalue weighted by atomic mass is 16.6. The number of ether oxygens (including phenoxy) is 3. The Morgan fingerprint density at radius 1 is 0.750 bits per heavy atom. The molecule has 6 heteroatoms. The number of rotatable bonds is 13. The highest BCUT2D eigenvalue weighted by molar-refractivity contribution is 5.70. The number of hydrogen-bond acceptors (Lipinski definition) is 6. The maximum absolute atomic E-state index is 12.3. The van der Waals surface area contributed by atoms with E-state index in [1.165, 1.54) is 51.4 Å². The van der Waals surface area contributed by atoms with E-state index >= 15 is 0 Å². The van der Waals surface area contributed by atoms with Crippen molar-refractivity contribution in [1.29, 1.82) is 0 Å². The highest BCUT2D eigenvalue weighted by Crippen LogP contribution is 2.32. The van der Waals surface area contributed by atoms with Crippen LogP contribution in [0.1, 0.15) is 97.8 Å². The number of hydrogen-bond donors (Lipinski definition) is 0. The zero-order valence-corrected chi connectivity index (χ0v) is 20.4. The molecule has 6 nitrogen and oxygen atoms in total. The van der Waals surface area contributed by atoms with Gasteiger partial charge in [0.25, 0.3) is 6.47 Å². The van der Waals surface area contributed by atoms with Crippen molar-refractivity contribution in [2.45, 2.75) is 97.8 Å². The Morgan fingerprint density at radius 3 is 1.53 bits per heavy atom. The van der Waals surface area contributed by atoms with Crippen LogP contribution in [0.4, 0.5) is 0 Å². The number of carbonyl (C=O) groups is 3. The molecule has 32 heavy (non-hydrogen) atoms. The fourth-order valence-corrected chi connectivity index (χ4v) is 4.89. The van der Waals surface area contributed by atoms with Crippen LogP contribution >= 0.6 is 0 Å². The molecule has 0 saturated heterocycles. The smallest absolute Gasteiger partial charge is 0.305 e. The van der Waals surface area contributed by atoms with Crippen LogP contribution in [0.25, 0.3) is 0 Å². The Hall–Kier alpha value is -1.59. The first-order chi connectivity index (χ1) is 15.3. The molecule has 0 N–H and O–H groups in total. The minimum atomic E-state index is -0.743. The molecule has 0 aromatic rings. The predicted octanol–water partition coefficient (Wildman–Crippen LogP) is 5.47. The van der Waals surface area contributed by atoms with Crippen molar-refractivity contribution >= 4 is 18.4 Å². The average Bonchev–Trinajstić information content (AvgIpc) is 2.79. The molecule has 0 spiro atoms. The summed E-state index contributed by atoms with van der Waals surface area (Å²) in [6.07, 6.45) is 12.3. The summed E-state index contributed by atoms with van der Waals surface area (Å²) in [5.41, 5.74) is -0.743. The first-order valence-corrected chi connectivity index (χ1v) is 12.7. The Kier molecular flexibility index (Phi) is 11.5. The van der Waals surface area contributed by atoms with Crippen molar-refractivity contribution in [3.05, 3.63) is 0 Å². The van der Waals surface area contributed by atoms with Crippen LogP contribution in [0.2, 0.25) is 0 Å². The Bertz CT molecular complexity index is 531. The molecule has 0 aromatic heterocycles. The van der Waals surface area contributed by atoms with Crippen LogP contribution in [0.5, 0.6) is 0 Å². The predicted molar refractivity (Wildman–Crippen MR) is 123 cm³/mol. The summed E-state index contributed by atoms with van der Waals surface area (Å²) in [6.45, 7) is 6.92. The third-order valence-electron chi connectivity index (χ3n) is 7.45. The van der Waals surface area contributed by atoms with Gasteiger partial charge in [-0.3, -0.25) is 14.4 Å². The number of carbonyl (C=O) groups excluding carboxylic acids is 3. The van der Waals surface area contributed by atoms with Gasteiger partial charge >= 0.3 is 11.9 Å². The lowest BCUT2D eigenvalue weighted by atomic mass is 9.81. The van der Waals surface area contributed by atoms with Crippen LogP contribution in [-0.4, -0.2) is 38.2 Å². The van der Waals surface area contributed by atoms with Crippen molar-refractivity contribution in [2.24, 2.45) is 29.1 Å². The van der Waals surface area contributed by atoms with Crippen molar-refractivity contribution in [1.82, 2.24) is 0 Å². The SMILES string of the molecule is CC1CCC(CCC(=O)OCC(C)(COC=O)COC(=O)CCC2CCC(C)CC2)CC1. The van der Waals surface area contributed by atoms with Crippen LogP contribution in [0.15, 0.2) is 0 Å². The molecule has 0 radical (unpaired) electrons. The second-order valence-corrected chi connectivity index (χ2v) is 10.9. The fourth-order valence-electron chi connectivity index (χ4n) is 4.89. The van der Waals surface area contributed by atoms with E-state index in [0.29, 0.717) is 31.1 Å². The third kappa shape index (κ3) is 10.4. The first kappa shape index (κ1) is 26.7. The van der Waals surface area contributed by atoms with Gasteiger partial charge in [-0.15, -0.1) is 0 Å². The highest BCUT2D eigenvalue weighted by Gasteiger charge is 2.30. The maximum Gasteiger partial charge on any atom is 0.305 e. The van der Waals surface area contributed by atoms with E-state index in [4.69, 9.17) is 14.2 Å². The van der Waals surface area contributed by atoms with Gasteiger partial charge in [0.2, 0.25) is 0 Å². The third-order valence-corrected chi connectivity index (χ3v) is 7.45. The summed E-state index contributed by atoms with van der Waals surface area (Å²) in [5.74, 6) is 2.34. The maximum atomic E-state index is 12.3. The Balaban J connectivity index is 1.69. The largest absolute Gasteiger partial charge is 0.467 e. The fraction of sp³-hybridized carbons (Fsp3) is 0.885. The minimum Gasteiger partial charge on any atom is -0.467 e. The molecule has 184 valence electrons. The molecule has 0 heterocycles. The minimum absolute atomic E-state index is 0.0398. The Labute approximate surface area is 194 Å². The molecule has 2 aliphatic carbocycles. The summed E-state index contributed by atoms with van der Waals surface area (Å²) in [4.78, 5) is 35.2. The molecule has 0 atom stereocenters. The summed E-state index contributed by atoms with van der Waals surface area (Å²) < 4.78 is 15.9. The van der Waals surface area contributed by atoms with Crippen LogP contribution in [0.3, 0.4) is 0 Å². The van der Waals surface area contributed by atoms with E-state index in [-0.39, 0.29) is 31.8 Å². The van der Waals surface area contributed by atoms with Gasteiger partial charge in [-0.25, -0.2) is 0 Å². The monoisotopic (exact) mass is 452 g/mol. The van der Waals surface area contributed by atoms with E-state index in [0.717, 1.165) is 24.7 Å². The molecule has 2 saturated carbocycles. The van der Waals surface area contributed by atoms with Gasteiger partial charge in [-0.1, -0.05) is 65.2 Å². The Morgan fingerprint density at radius 2 is 1.16 bits per heavy atom. The van der Waals surface area contributed by atoms with Crippen molar-refractivity contribution in [2.75, 3.05) is 19.8 Å².